The van der Waals surface area contributed by atoms with Gasteiger partial charge in [-0.05, 0) is 72.0 Å². The zero-order valence-electron chi connectivity index (χ0n) is 30.1. The summed E-state index contributed by atoms with van der Waals surface area (Å²) in [6.07, 6.45) is 6.74. The van der Waals surface area contributed by atoms with Crippen molar-refractivity contribution in [2.24, 2.45) is 11.8 Å². The lowest BCUT2D eigenvalue weighted by atomic mass is 9.88. The Hall–Kier alpha value is -2.28. The molecule has 0 radical (unpaired) electrons. The Bertz CT molecular complexity index is 1210. The molecule has 0 aromatic heterocycles. The number of rotatable bonds is 10. The number of aliphatic hydroxyl groups excluding tert-OH is 2. The molecule has 272 valence electrons. The fourth-order valence-corrected chi connectivity index (χ4v) is 7.53. The summed E-state index contributed by atoms with van der Waals surface area (Å²) >= 11 is 0. The van der Waals surface area contributed by atoms with Crippen molar-refractivity contribution in [3.8, 4) is 0 Å². The molecule has 0 saturated carbocycles. The maximum Gasteiger partial charge on any atom is 0.410 e. The molecular formula is C37H60N2O9. The molecule has 0 aromatic carbocycles. The highest BCUT2D eigenvalue weighted by molar-refractivity contribution is 5.70. The van der Waals surface area contributed by atoms with Gasteiger partial charge in [-0.15, -0.1) is 0 Å². The van der Waals surface area contributed by atoms with E-state index < -0.39 is 47.7 Å². The third kappa shape index (κ3) is 9.69. The summed E-state index contributed by atoms with van der Waals surface area (Å²) in [6, 6.07) is 0.784. The molecule has 11 nitrogen and oxygen atoms in total. The van der Waals surface area contributed by atoms with E-state index in [1.807, 2.05) is 27.7 Å². The van der Waals surface area contributed by atoms with Gasteiger partial charge in [0.2, 0.25) is 0 Å². The van der Waals surface area contributed by atoms with Crippen molar-refractivity contribution in [3.63, 3.8) is 0 Å². The van der Waals surface area contributed by atoms with Crippen LogP contribution in [0.3, 0.4) is 0 Å². The van der Waals surface area contributed by atoms with E-state index in [1.54, 1.807) is 49.1 Å². The molecule has 3 fully saturated rings. The number of likely N-dealkylation sites (tertiary alicyclic amines) is 2. The lowest BCUT2D eigenvalue weighted by molar-refractivity contribution is -0.151. The largest absolute Gasteiger partial charge is 0.457 e. The van der Waals surface area contributed by atoms with E-state index in [9.17, 15) is 30.0 Å². The van der Waals surface area contributed by atoms with Crippen molar-refractivity contribution in [2.45, 2.75) is 160 Å². The van der Waals surface area contributed by atoms with Gasteiger partial charge in [-0.2, -0.15) is 0 Å². The number of epoxide rings is 1. The van der Waals surface area contributed by atoms with Crippen LogP contribution < -0.4 is 0 Å². The summed E-state index contributed by atoms with van der Waals surface area (Å²) < 4.78 is 17.6. The van der Waals surface area contributed by atoms with Crippen molar-refractivity contribution >= 4 is 12.1 Å². The second-order valence-electron chi connectivity index (χ2n) is 15.5. The van der Waals surface area contributed by atoms with Crippen molar-refractivity contribution in [2.75, 3.05) is 13.1 Å². The molecule has 0 aliphatic carbocycles. The van der Waals surface area contributed by atoms with Gasteiger partial charge in [0.05, 0.1) is 36.4 Å². The molecule has 1 amide bonds. The summed E-state index contributed by atoms with van der Waals surface area (Å²) in [5, 5.41) is 43.3. The molecule has 12 atom stereocenters. The zero-order valence-corrected chi connectivity index (χ0v) is 30.1. The molecule has 48 heavy (non-hydrogen) atoms. The third-order valence-electron chi connectivity index (χ3n) is 10.8. The van der Waals surface area contributed by atoms with E-state index in [2.05, 4.69) is 18.7 Å². The Morgan fingerprint density at radius 1 is 1.23 bits per heavy atom. The first-order chi connectivity index (χ1) is 22.4. The lowest BCUT2D eigenvalue weighted by Crippen LogP contribution is -2.52. The number of esters is 1. The summed E-state index contributed by atoms with van der Waals surface area (Å²) in [6.45, 7) is 16.6. The number of nitrogens with zero attached hydrogens (tertiary/aromatic N) is 2. The number of cyclic esters (lactones) is 1. The van der Waals surface area contributed by atoms with Gasteiger partial charge >= 0.3 is 12.1 Å². The first-order valence-electron chi connectivity index (χ1n) is 17.9. The van der Waals surface area contributed by atoms with Gasteiger partial charge in [-0.3, -0.25) is 9.69 Å². The highest BCUT2D eigenvalue weighted by Crippen LogP contribution is 2.38. The zero-order chi connectivity index (χ0) is 35.6. The number of piperazine rings is 1. The summed E-state index contributed by atoms with van der Waals surface area (Å²) in [5.41, 5.74) is -1.93. The van der Waals surface area contributed by atoms with Crippen LogP contribution in [0.25, 0.3) is 0 Å². The molecule has 3 saturated heterocycles. The van der Waals surface area contributed by atoms with Gasteiger partial charge in [0.15, 0.2) is 6.10 Å². The number of hydrogen-bond acceptors (Lipinski definition) is 10. The van der Waals surface area contributed by atoms with E-state index >= 15 is 0 Å². The van der Waals surface area contributed by atoms with Crippen molar-refractivity contribution in [1.82, 2.24) is 9.80 Å². The normalized spacial score (nSPS) is 38.2. The molecule has 4 aliphatic rings. The molecule has 4 heterocycles. The van der Waals surface area contributed by atoms with E-state index in [0.717, 1.165) is 13.0 Å². The quantitative estimate of drug-likeness (QED) is 0.116. The van der Waals surface area contributed by atoms with Crippen LogP contribution in [0.5, 0.6) is 0 Å². The minimum atomic E-state index is -1.48. The van der Waals surface area contributed by atoms with Crippen LogP contribution in [0.2, 0.25) is 0 Å². The number of amides is 1. The smallest absolute Gasteiger partial charge is 0.410 e. The molecule has 4 rings (SSSR count). The second-order valence-corrected chi connectivity index (χ2v) is 15.5. The van der Waals surface area contributed by atoms with Crippen LogP contribution in [-0.2, 0) is 19.0 Å². The Morgan fingerprint density at radius 3 is 2.56 bits per heavy atom. The first kappa shape index (κ1) is 38.5. The predicted molar refractivity (Wildman–Crippen MR) is 182 cm³/mol. The second kappa shape index (κ2) is 15.7. The number of hydrogen-bond donors (Lipinski definition) is 4. The number of carbonyl (C=O) groups excluding carboxylic acids is 2. The Kier molecular flexibility index (Phi) is 12.6. The molecular weight excluding hydrogens is 616 g/mol. The van der Waals surface area contributed by atoms with Crippen molar-refractivity contribution in [3.05, 3.63) is 36.0 Å². The number of fused-ring (bicyclic) bond motifs is 2. The number of carbonyl (C=O) groups is 2. The average Bonchev–Trinajstić information content (AvgIpc) is 3.43. The Labute approximate surface area is 286 Å². The molecule has 12 unspecified atom stereocenters. The summed E-state index contributed by atoms with van der Waals surface area (Å²) in [7, 11) is 0. The van der Waals surface area contributed by atoms with Crippen LogP contribution in [-0.4, -0.2) is 121 Å². The fraction of sp³-hybridized carbons (Fsp3) is 0.784. The third-order valence-corrected chi connectivity index (χ3v) is 10.8. The van der Waals surface area contributed by atoms with Gasteiger partial charge in [0, 0.05) is 49.5 Å². The van der Waals surface area contributed by atoms with Crippen molar-refractivity contribution in [1.29, 1.82) is 0 Å². The van der Waals surface area contributed by atoms with Gasteiger partial charge in [0.1, 0.15) is 11.7 Å². The van der Waals surface area contributed by atoms with Gasteiger partial charge < -0.3 is 39.5 Å². The molecule has 11 heteroatoms. The summed E-state index contributed by atoms with van der Waals surface area (Å²) in [5.74, 6) is -0.940. The van der Waals surface area contributed by atoms with Gasteiger partial charge in [-0.25, -0.2) is 4.79 Å². The minimum Gasteiger partial charge on any atom is -0.457 e. The first-order valence-corrected chi connectivity index (χ1v) is 17.9. The molecule has 4 aliphatic heterocycles. The molecule has 0 aromatic rings. The highest BCUT2D eigenvalue weighted by atomic mass is 16.6. The standard InChI is InChI=1S/C37H60N2O9/c1-9-29(41)25(6)34-30(46-34)19-36(7,44)15-10-11-23(4)33-24(5)12-13-31(37(8,45)16-14-28(40)18-32(42)48-33)47-35(43)39-21-26-17-27(39)20-38(26)22(2)3/h10-13,15,22,24-31,33-34,40-41,44-45H,9,14,16-21H2,1-8H3/b13-12+,15-10+,23-11+. The van der Waals surface area contributed by atoms with Crippen LogP contribution >= 0.6 is 0 Å². The van der Waals surface area contributed by atoms with E-state index in [1.165, 1.54) is 0 Å². The fourth-order valence-electron chi connectivity index (χ4n) is 7.53. The van der Waals surface area contributed by atoms with Crippen LogP contribution in [0.15, 0.2) is 36.0 Å². The highest BCUT2D eigenvalue weighted by Gasteiger charge is 2.48. The SMILES string of the molecule is CCC(O)C(C)C1OC1CC(C)(O)/C=C/C=C(\C)C1OC(=O)CC(O)CCC(C)(O)C(OC(=O)N2CC3CC2CN3C(C)C)/C=C/C1C. The van der Waals surface area contributed by atoms with E-state index in [-0.39, 0.29) is 49.3 Å². The van der Waals surface area contributed by atoms with Crippen LogP contribution in [0.4, 0.5) is 4.79 Å². The number of ether oxygens (including phenoxy) is 3. The topological polar surface area (TPSA) is 153 Å². The number of allylic oxidation sites excluding steroid dienone is 2. The monoisotopic (exact) mass is 676 g/mol. The predicted octanol–water partition coefficient (Wildman–Crippen LogP) is 3.88. The van der Waals surface area contributed by atoms with Crippen molar-refractivity contribution < 1.29 is 44.2 Å². The lowest BCUT2D eigenvalue weighted by Gasteiger charge is -2.38. The minimum absolute atomic E-state index is 0.0106. The summed E-state index contributed by atoms with van der Waals surface area (Å²) in [4.78, 5) is 30.5. The Balaban J connectivity index is 1.46. The molecule has 2 bridgehead atoms. The van der Waals surface area contributed by atoms with Crippen LogP contribution in [0, 0.1) is 11.8 Å². The van der Waals surface area contributed by atoms with E-state index in [0.29, 0.717) is 37.0 Å². The van der Waals surface area contributed by atoms with Gasteiger partial charge in [-0.1, -0.05) is 45.1 Å². The van der Waals surface area contributed by atoms with Gasteiger partial charge in [0.25, 0.3) is 0 Å². The maximum atomic E-state index is 13.4. The number of aliphatic hydroxyl groups is 4. The Morgan fingerprint density at radius 2 is 1.94 bits per heavy atom. The molecule has 0 spiro atoms. The average molecular weight is 677 g/mol. The maximum absolute atomic E-state index is 13.4. The molecule has 4 N–H and O–H groups in total. The van der Waals surface area contributed by atoms with Crippen LogP contribution in [0.1, 0.15) is 93.9 Å². The van der Waals surface area contributed by atoms with E-state index in [4.69, 9.17) is 14.2 Å².